The molecule has 1 fully saturated rings. The molecule has 0 aliphatic heterocycles. The maximum atomic E-state index is 8.45. The Kier molecular flexibility index (Phi) is 3.76. The number of hydrogen-bond donors (Lipinski definition) is 0. The van der Waals surface area contributed by atoms with Gasteiger partial charge in [-0.15, -0.1) is 0 Å². The van der Waals surface area contributed by atoms with E-state index in [1.165, 1.54) is 25.7 Å². The SMILES string of the molecule is CSC1(N=[N+]=[N-])CCCCCC1. The van der Waals surface area contributed by atoms with Crippen molar-refractivity contribution < 1.29 is 0 Å². The molecule has 0 spiro atoms. The molecule has 12 heavy (non-hydrogen) atoms. The van der Waals surface area contributed by atoms with Crippen LogP contribution in [-0.4, -0.2) is 11.1 Å². The van der Waals surface area contributed by atoms with Crippen LogP contribution in [0.15, 0.2) is 5.11 Å². The van der Waals surface area contributed by atoms with Crippen LogP contribution in [0.3, 0.4) is 0 Å². The smallest absolute Gasteiger partial charge is 0.0941 e. The zero-order valence-electron chi connectivity index (χ0n) is 7.49. The van der Waals surface area contributed by atoms with Crippen LogP contribution in [0, 0.1) is 0 Å². The van der Waals surface area contributed by atoms with Gasteiger partial charge in [-0.3, -0.25) is 0 Å². The highest BCUT2D eigenvalue weighted by molar-refractivity contribution is 7.99. The molecular formula is C8H15N3S. The third-order valence-electron chi connectivity index (χ3n) is 2.49. The Bertz CT molecular complexity index is 179. The molecule has 0 unspecified atom stereocenters. The van der Waals surface area contributed by atoms with E-state index in [0.717, 1.165) is 12.8 Å². The molecule has 0 heterocycles. The molecule has 0 aromatic carbocycles. The average Bonchev–Trinajstić information content (AvgIpc) is 2.32. The van der Waals surface area contributed by atoms with Crippen LogP contribution in [0.25, 0.3) is 10.4 Å². The number of rotatable bonds is 2. The summed E-state index contributed by atoms with van der Waals surface area (Å²) >= 11 is 1.71. The van der Waals surface area contributed by atoms with Crippen LogP contribution in [0.5, 0.6) is 0 Å². The summed E-state index contributed by atoms with van der Waals surface area (Å²) in [6, 6.07) is 0. The second-order valence-electron chi connectivity index (χ2n) is 3.25. The van der Waals surface area contributed by atoms with Crippen molar-refractivity contribution in [1.29, 1.82) is 0 Å². The van der Waals surface area contributed by atoms with Gasteiger partial charge in [0.05, 0.1) is 4.87 Å². The number of thioether (sulfide) groups is 1. The standard InChI is InChI=1S/C8H15N3S/c1-12-8(10-11-9)6-4-2-3-5-7-8/h2-7H2,1H3. The van der Waals surface area contributed by atoms with E-state index >= 15 is 0 Å². The van der Waals surface area contributed by atoms with Gasteiger partial charge in [0.2, 0.25) is 0 Å². The van der Waals surface area contributed by atoms with E-state index in [1.807, 2.05) is 6.26 Å². The van der Waals surface area contributed by atoms with Crippen molar-refractivity contribution in [1.82, 2.24) is 0 Å². The quantitative estimate of drug-likeness (QED) is 0.280. The fourth-order valence-electron chi connectivity index (χ4n) is 1.71. The summed E-state index contributed by atoms with van der Waals surface area (Å²) in [4.78, 5) is 2.83. The van der Waals surface area contributed by atoms with E-state index in [9.17, 15) is 0 Å². The summed E-state index contributed by atoms with van der Waals surface area (Å²) in [6.45, 7) is 0. The van der Waals surface area contributed by atoms with Gasteiger partial charge in [0.1, 0.15) is 0 Å². The Morgan fingerprint density at radius 3 is 2.25 bits per heavy atom. The van der Waals surface area contributed by atoms with Gasteiger partial charge in [0.25, 0.3) is 0 Å². The van der Waals surface area contributed by atoms with Crippen molar-refractivity contribution in [3.63, 3.8) is 0 Å². The Labute approximate surface area is 77.5 Å². The maximum absolute atomic E-state index is 8.45. The molecule has 1 aliphatic rings. The molecule has 0 amide bonds. The van der Waals surface area contributed by atoms with Gasteiger partial charge in [-0.1, -0.05) is 30.8 Å². The minimum Gasteiger partial charge on any atom is -0.153 e. The molecule has 0 bridgehead atoms. The molecular weight excluding hydrogens is 170 g/mol. The van der Waals surface area contributed by atoms with Crippen LogP contribution in [0.4, 0.5) is 0 Å². The summed E-state index contributed by atoms with van der Waals surface area (Å²) in [5.74, 6) is 0. The molecule has 1 saturated carbocycles. The minimum atomic E-state index is -0.120. The van der Waals surface area contributed by atoms with E-state index in [0.29, 0.717) is 0 Å². The van der Waals surface area contributed by atoms with Gasteiger partial charge < -0.3 is 0 Å². The molecule has 0 aromatic heterocycles. The van der Waals surface area contributed by atoms with Crippen LogP contribution < -0.4 is 0 Å². The van der Waals surface area contributed by atoms with Crippen molar-refractivity contribution in [3.8, 4) is 0 Å². The molecule has 3 nitrogen and oxygen atoms in total. The van der Waals surface area contributed by atoms with Gasteiger partial charge in [0, 0.05) is 4.91 Å². The molecule has 68 valence electrons. The van der Waals surface area contributed by atoms with Crippen molar-refractivity contribution in [2.24, 2.45) is 5.11 Å². The average molecular weight is 185 g/mol. The Hall–Kier alpha value is -0.340. The molecule has 1 rings (SSSR count). The lowest BCUT2D eigenvalue weighted by Crippen LogP contribution is -2.19. The van der Waals surface area contributed by atoms with Crippen LogP contribution in [0.1, 0.15) is 38.5 Å². The lowest BCUT2D eigenvalue weighted by molar-refractivity contribution is 0.530. The number of nitrogens with zero attached hydrogens (tertiary/aromatic N) is 3. The van der Waals surface area contributed by atoms with E-state index in [4.69, 9.17) is 5.53 Å². The van der Waals surface area contributed by atoms with E-state index < -0.39 is 0 Å². The van der Waals surface area contributed by atoms with Gasteiger partial charge >= 0.3 is 0 Å². The van der Waals surface area contributed by atoms with Crippen molar-refractivity contribution >= 4 is 11.8 Å². The van der Waals surface area contributed by atoms with Gasteiger partial charge in [-0.25, -0.2) is 0 Å². The van der Waals surface area contributed by atoms with Crippen molar-refractivity contribution in [3.05, 3.63) is 10.4 Å². The molecule has 0 radical (unpaired) electrons. The first-order chi connectivity index (χ1) is 5.83. The van der Waals surface area contributed by atoms with E-state index in [-0.39, 0.29) is 4.87 Å². The molecule has 0 atom stereocenters. The number of azide groups is 1. The van der Waals surface area contributed by atoms with Crippen LogP contribution in [0.2, 0.25) is 0 Å². The largest absolute Gasteiger partial charge is 0.153 e. The predicted octanol–water partition coefficient (Wildman–Crippen LogP) is 3.71. The van der Waals surface area contributed by atoms with E-state index in [2.05, 4.69) is 10.0 Å². The summed E-state index contributed by atoms with van der Waals surface area (Å²) < 4.78 is 0. The Balaban J connectivity index is 2.67. The maximum Gasteiger partial charge on any atom is 0.0941 e. The molecule has 4 heteroatoms. The van der Waals surface area contributed by atoms with Crippen LogP contribution >= 0.6 is 11.8 Å². The first-order valence-electron chi connectivity index (χ1n) is 4.44. The summed E-state index contributed by atoms with van der Waals surface area (Å²) in [6.07, 6.45) is 9.16. The molecule has 1 aliphatic carbocycles. The minimum absolute atomic E-state index is 0.120. The van der Waals surface area contributed by atoms with Crippen LogP contribution in [-0.2, 0) is 0 Å². The van der Waals surface area contributed by atoms with Gasteiger partial charge in [0.15, 0.2) is 0 Å². The lowest BCUT2D eigenvalue weighted by Gasteiger charge is -2.24. The summed E-state index contributed by atoms with van der Waals surface area (Å²) in [5, 5.41) is 3.94. The monoisotopic (exact) mass is 185 g/mol. The number of hydrogen-bond acceptors (Lipinski definition) is 2. The summed E-state index contributed by atoms with van der Waals surface area (Å²) in [5.41, 5.74) is 8.45. The molecule has 0 aromatic rings. The molecule has 0 N–H and O–H groups in total. The Morgan fingerprint density at radius 1 is 1.25 bits per heavy atom. The first-order valence-corrected chi connectivity index (χ1v) is 5.67. The summed E-state index contributed by atoms with van der Waals surface area (Å²) in [7, 11) is 0. The Morgan fingerprint density at radius 2 is 1.83 bits per heavy atom. The zero-order chi connectivity index (χ0) is 8.86. The zero-order valence-corrected chi connectivity index (χ0v) is 8.31. The van der Waals surface area contributed by atoms with Gasteiger partial charge in [-0.2, -0.15) is 11.8 Å². The predicted molar refractivity (Wildman–Crippen MR) is 53.1 cm³/mol. The highest BCUT2D eigenvalue weighted by atomic mass is 32.2. The highest BCUT2D eigenvalue weighted by Gasteiger charge is 2.28. The second kappa shape index (κ2) is 4.63. The second-order valence-corrected chi connectivity index (χ2v) is 4.42. The van der Waals surface area contributed by atoms with E-state index in [1.54, 1.807) is 11.8 Å². The fraction of sp³-hybridized carbons (Fsp3) is 1.00. The third-order valence-corrected chi connectivity index (χ3v) is 3.74. The topological polar surface area (TPSA) is 48.8 Å². The third kappa shape index (κ3) is 2.32. The fourth-order valence-corrected chi connectivity index (χ4v) is 2.52. The van der Waals surface area contributed by atoms with Gasteiger partial charge in [-0.05, 0) is 24.6 Å². The normalized spacial score (nSPS) is 22.4. The lowest BCUT2D eigenvalue weighted by atomic mass is 10.1. The highest BCUT2D eigenvalue weighted by Crippen LogP contribution is 2.38. The van der Waals surface area contributed by atoms with Crippen molar-refractivity contribution in [2.45, 2.75) is 43.4 Å². The van der Waals surface area contributed by atoms with Crippen molar-refractivity contribution in [2.75, 3.05) is 6.26 Å². The first kappa shape index (κ1) is 9.75. The molecule has 0 saturated heterocycles.